The quantitative estimate of drug-likeness (QED) is 0.509. The Morgan fingerprint density at radius 1 is 1.38 bits per heavy atom. The molecular weight excluding hydrogens is 338 g/mol. The summed E-state index contributed by atoms with van der Waals surface area (Å²) in [6.07, 6.45) is 5.88. The molecule has 0 saturated heterocycles. The summed E-state index contributed by atoms with van der Waals surface area (Å²) >= 11 is 1.71. The maximum Gasteiger partial charge on any atom is 0.124 e. The average molecular weight is 368 g/mol. The van der Waals surface area contributed by atoms with Crippen molar-refractivity contribution in [2.45, 2.75) is 40.5 Å². The molecule has 0 unspecified atom stereocenters. The third-order valence-corrected chi connectivity index (χ3v) is 5.65. The van der Waals surface area contributed by atoms with Gasteiger partial charge in [0.25, 0.3) is 0 Å². The molecule has 0 aliphatic heterocycles. The molecule has 0 amide bonds. The van der Waals surface area contributed by atoms with Crippen LogP contribution in [-0.4, -0.2) is 18.7 Å². The molecular formula is C22H29N3S. The van der Waals surface area contributed by atoms with Gasteiger partial charge in [-0.1, -0.05) is 32.6 Å². The Balaban J connectivity index is 2.45. The number of aryl methyl sites for hydroxylation is 2. The monoisotopic (exact) mass is 367 g/mol. The summed E-state index contributed by atoms with van der Waals surface area (Å²) in [5, 5.41) is 1.04. The second-order valence-corrected chi connectivity index (χ2v) is 8.08. The normalized spacial score (nSPS) is 11.3. The van der Waals surface area contributed by atoms with E-state index in [-0.39, 0.29) is 0 Å². The third kappa shape index (κ3) is 4.92. The first-order chi connectivity index (χ1) is 12.3. The van der Waals surface area contributed by atoms with Crippen molar-refractivity contribution in [1.29, 1.82) is 0 Å². The number of anilines is 1. The van der Waals surface area contributed by atoms with E-state index in [1.54, 1.807) is 17.5 Å². The van der Waals surface area contributed by atoms with E-state index in [9.17, 15) is 0 Å². The summed E-state index contributed by atoms with van der Waals surface area (Å²) in [4.78, 5) is 11.9. The lowest BCUT2D eigenvalue weighted by Crippen LogP contribution is -2.11. The first-order valence-electron chi connectivity index (χ1n) is 8.95. The Morgan fingerprint density at radius 2 is 2.12 bits per heavy atom. The molecule has 0 radical (unpaired) electrons. The van der Waals surface area contributed by atoms with Crippen molar-refractivity contribution in [2.24, 2.45) is 10.9 Å². The molecule has 1 aromatic heterocycles. The molecule has 0 atom stereocenters. The van der Waals surface area contributed by atoms with Gasteiger partial charge in [-0.25, -0.2) is 4.98 Å². The minimum Gasteiger partial charge on any atom is -0.349 e. The molecule has 0 aliphatic carbocycles. The van der Waals surface area contributed by atoms with E-state index >= 15 is 0 Å². The van der Waals surface area contributed by atoms with Crippen LogP contribution in [0.3, 0.4) is 0 Å². The van der Waals surface area contributed by atoms with Crippen LogP contribution in [0.4, 0.5) is 5.69 Å². The second-order valence-electron chi connectivity index (χ2n) is 7.08. The van der Waals surface area contributed by atoms with Crippen LogP contribution >= 0.6 is 11.3 Å². The SMILES string of the molecule is C=N/C=C\N(C)c1cc(-c2nc(C)c(C(=C)C)s2)ccc1CCC(C)C. The molecule has 0 N–H and O–H groups in total. The summed E-state index contributed by atoms with van der Waals surface area (Å²) in [6, 6.07) is 6.64. The van der Waals surface area contributed by atoms with Gasteiger partial charge in [0.1, 0.15) is 5.01 Å². The number of thiazole rings is 1. The molecule has 0 fully saturated rings. The molecule has 4 heteroatoms. The number of nitrogens with zero attached hydrogens (tertiary/aromatic N) is 3. The Labute approximate surface area is 161 Å². The highest BCUT2D eigenvalue weighted by atomic mass is 32.1. The van der Waals surface area contributed by atoms with Gasteiger partial charge in [-0.05, 0) is 56.5 Å². The summed E-state index contributed by atoms with van der Waals surface area (Å²) < 4.78 is 0. The maximum atomic E-state index is 4.76. The van der Waals surface area contributed by atoms with Crippen LogP contribution < -0.4 is 4.90 Å². The topological polar surface area (TPSA) is 28.5 Å². The van der Waals surface area contributed by atoms with E-state index < -0.39 is 0 Å². The molecule has 0 aliphatic rings. The molecule has 3 nitrogen and oxygen atoms in total. The van der Waals surface area contributed by atoms with Crippen molar-refractivity contribution in [3.05, 3.63) is 53.3 Å². The molecule has 26 heavy (non-hydrogen) atoms. The fraction of sp³-hybridized carbons (Fsp3) is 0.364. The molecule has 0 bridgehead atoms. The van der Waals surface area contributed by atoms with Crippen molar-refractivity contribution in [1.82, 2.24) is 4.98 Å². The lowest BCUT2D eigenvalue weighted by Gasteiger charge is -2.20. The molecule has 0 spiro atoms. The van der Waals surface area contributed by atoms with Crippen molar-refractivity contribution in [2.75, 3.05) is 11.9 Å². The minimum atomic E-state index is 0.679. The Kier molecular flexibility index (Phi) is 6.92. The summed E-state index contributed by atoms with van der Waals surface area (Å²) in [5.41, 5.74) is 5.78. The fourth-order valence-corrected chi connectivity index (χ4v) is 3.81. The van der Waals surface area contributed by atoms with Crippen LogP contribution in [0, 0.1) is 12.8 Å². The van der Waals surface area contributed by atoms with Gasteiger partial charge in [0.15, 0.2) is 0 Å². The standard InChI is InChI=1S/C22H29N3S/c1-15(2)8-9-18-10-11-19(14-20(18)25(7)13-12-23-6)22-24-17(5)21(26-22)16(3)4/h10-15H,3,6,8-9H2,1-2,4-5,7H3/b13-12-. The van der Waals surface area contributed by atoms with E-state index in [4.69, 9.17) is 4.98 Å². The molecule has 138 valence electrons. The molecule has 2 rings (SSSR count). The van der Waals surface area contributed by atoms with E-state index in [0.29, 0.717) is 5.92 Å². The van der Waals surface area contributed by atoms with Crippen LogP contribution in [0.1, 0.15) is 43.3 Å². The first kappa shape index (κ1) is 20.1. The molecule has 1 heterocycles. The highest BCUT2D eigenvalue weighted by Gasteiger charge is 2.13. The van der Waals surface area contributed by atoms with Gasteiger partial charge in [-0.2, -0.15) is 0 Å². The Morgan fingerprint density at radius 3 is 2.69 bits per heavy atom. The molecule has 0 saturated carbocycles. The maximum absolute atomic E-state index is 4.76. The van der Waals surface area contributed by atoms with Gasteiger partial charge >= 0.3 is 0 Å². The van der Waals surface area contributed by atoms with E-state index in [1.807, 2.05) is 27.1 Å². The summed E-state index contributed by atoms with van der Waals surface area (Å²) in [7, 11) is 2.05. The van der Waals surface area contributed by atoms with Gasteiger partial charge in [-0.15, -0.1) is 11.3 Å². The number of aromatic nitrogens is 1. The lowest BCUT2D eigenvalue weighted by atomic mass is 9.99. The number of allylic oxidation sites excluding steroid dienone is 1. The van der Waals surface area contributed by atoms with Gasteiger partial charge in [0.05, 0.1) is 10.6 Å². The van der Waals surface area contributed by atoms with Gasteiger partial charge in [0.2, 0.25) is 0 Å². The highest BCUT2D eigenvalue weighted by molar-refractivity contribution is 7.16. The van der Waals surface area contributed by atoms with Gasteiger partial charge in [-0.3, -0.25) is 4.99 Å². The first-order valence-corrected chi connectivity index (χ1v) is 9.77. The second kappa shape index (κ2) is 8.95. The van der Waals surface area contributed by atoms with E-state index in [0.717, 1.165) is 28.3 Å². The molecule has 2 aromatic rings. The lowest BCUT2D eigenvalue weighted by molar-refractivity contribution is 0.587. The zero-order valence-corrected chi connectivity index (χ0v) is 17.4. The van der Waals surface area contributed by atoms with Crippen molar-refractivity contribution >= 4 is 29.3 Å². The smallest absolute Gasteiger partial charge is 0.124 e. The largest absolute Gasteiger partial charge is 0.349 e. The number of aliphatic imine (C=N–C) groups is 1. The number of rotatable bonds is 8. The van der Waals surface area contributed by atoms with Crippen molar-refractivity contribution < 1.29 is 0 Å². The number of hydrogen-bond donors (Lipinski definition) is 0. The van der Waals surface area contributed by atoms with Crippen LogP contribution in [0.5, 0.6) is 0 Å². The summed E-state index contributed by atoms with van der Waals surface area (Å²) in [5.74, 6) is 0.679. The van der Waals surface area contributed by atoms with E-state index in [2.05, 4.69) is 55.2 Å². The van der Waals surface area contributed by atoms with Crippen molar-refractivity contribution in [3.63, 3.8) is 0 Å². The highest BCUT2D eigenvalue weighted by Crippen LogP contribution is 2.35. The minimum absolute atomic E-state index is 0.679. The van der Waals surface area contributed by atoms with Crippen LogP contribution in [0.25, 0.3) is 16.1 Å². The number of hydrogen-bond acceptors (Lipinski definition) is 4. The third-order valence-electron chi connectivity index (χ3n) is 4.28. The number of benzene rings is 1. The average Bonchev–Trinajstić information content (AvgIpc) is 2.99. The Hall–Kier alpha value is -2.20. The Bertz CT molecular complexity index is 815. The van der Waals surface area contributed by atoms with Crippen LogP contribution in [0.2, 0.25) is 0 Å². The zero-order chi connectivity index (χ0) is 19.3. The zero-order valence-electron chi connectivity index (χ0n) is 16.5. The van der Waals surface area contributed by atoms with Crippen LogP contribution in [0.15, 0.2) is 42.2 Å². The van der Waals surface area contributed by atoms with Gasteiger partial charge < -0.3 is 4.90 Å². The predicted octanol–water partition coefficient (Wildman–Crippen LogP) is 6.35. The summed E-state index contributed by atoms with van der Waals surface area (Å²) in [6.45, 7) is 16.2. The molecule has 1 aromatic carbocycles. The fourth-order valence-electron chi connectivity index (χ4n) is 2.82. The van der Waals surface area contributed by atoms with Crippen molar-refractivity contribution in [3.8, 4) is 10.6 Å². The predicted molar refractivity (Wildman–Crippen MR) is 117 cm³/mol. The van der Waals surface area contributed by atoms with E-state index in [1.165, 1.54) is 22.5 Å². The van der Waals surface area contributed by atoms with Crippen LogP contribution in [-0.2, 0) is 6.42 Å². The van der Waals surface area contributed by atoms with Gasteiger partial charge in [0, 0.05) is 30.7 Å².